The van der Waals surface area contributed by atoms with Gasteiger partial charge in [-0.25, -0.2) is 0 Å². The highest BCUT2D eigenvalue weighted by Crippen LogP contribution is 2.50. The van der Waals surface area contributed by atoms with Gasteiger partial charge in [-0.1, -0.05) is 34.6 Å². The average Bonchev–Trinajstić information content (AvgIpc) is 2.11. The lowest BCUT2D eigenvalue weighted by Gasteiger charge is -2.52. The molecule has 0 bridgehead atoms. The van der Waals surface area contributed by atoms with Crippen LogP contribution in [0.3, 0.4) is 0 Å². The molecule has 4 atom stereocenters. The molecular weight excluding hydrogens is 176 g/mol. The van der Waals surface area contributed by atoms with Crippen LogP contribution in [-0.2, 0) is 0 Å². The standard InChI is InChI=1S/C12H24O2/c1-6-12(5)7-11(3,4)9(13)8(2)10(12)14/h8-10,13-14H,6-7H2,1-5H3. The van der Waals surface area contributed by atoms with Crippen LogP contribution in [0.25, 0.3) is 0 Å². The zero-order valence-corrected chi connectivity index (χ0v) is 10.0. The zero-order chi connectivity index (χ0) is 11.1. The normalized spacial score (nSPS) is 47.8. The van der Waals surface area contributed by atoms with Gasteiger partial charge in [0.1, 0.15) is 0 Å². The summed E-state index contributed by atoms with van der Waals surface area (Å²) in [6.45, 7) is 10.4. The summed E-state index contributed by atoms with van der Waals surface area (Å²) in [6, 6.07) is 0. The Morgan fingerprint density at radius 2 is 1.64 bits per heavy atom. The van der Waals surface area contributed by atoms with Gasteiger partial charge in [0.05, 0.1) is 12.2 Å². The number of aliphatic hydroxyl groups is 2. The fraction of sp³-hybridized carbons (Fsp3) is 1.00. The highest BCUT2D eigenvalue weighted by atomic mass is 16.3. The molecule has 0 aromatic carbocycles. The molecule has 2 heteroatoms. The molecule has 0 amide bonds. The van der Waals surface area contributed by atoms with Gasteiger partial charge in [0.2, 0.25) is 0 Å². The van der Waals surface area contributed by atoms with Crippen molar-refractivity contribution in [3.63, 3.8) is 0 Å². The van der Waals surface area contributed by atoms with Crippen LogP contribution in [0.4, 0.5) is 0 Å². The molecule has 0 heterocycles. The third-order valence-corrected chi connectivity index (χ3v) is 4.18. The van der Waals surface area contributed by atoms with Crippen LogP contribution in [0.5, 0.6) is 0 Å². The minimum Gasteiger partial charge on any atom is -0.392 e. The molecule has 2 nitrogen and oxygen atoms in total. The first-order valence-corrected chi connectivity index (χ1v) is 5.61. The van der Waals surface area contributed by atoms with Crippen molar-refractivity contribution in [1.29, 1.82) is 0 Å². The van der Waals surface area contributed by atoms with Gasteiger partial charge in [-0.05, 0) is 23.7 Å². The van der Waals surface area contributed by atoms with Crippen LogP contribution < -0.4 is 0 Å². The zero-order valence-electron chi connectivity index (χ0n) is 10.0. The summed E-state index contributed by atoms with van der Waals surface area (Å²) in [5, 5.41) is 20.2. The first kappa shape index (κ1) is 12.0. The predicted octanol–water partition coefficient (Wildman–Crippen LogP) is 2.19. The highest BCUT2D eigenvalue weighted by molar-refractivity contribution is 5.00. The molecule has 1 aliphatic carbocycles. The Morgan fingerprint density at radius 1 is 1.14 bits per heavy atom. The second-order valence-electron chi connectivity index (χ2n) is 5.92. The van der Waals surface area contributed by atoms with Gasteiger partial charge >= 0.3 is 0 Å². The Hall–Kier alpha value is -0.0800. The molecule has 0 aromatic heterocycles. The molecule has 1 fully saturated rings. The van der Waals surface area contributed by atoms with Gasteiger partial charge in [-0.15, -0.1) is 0 Å². The van der Waals surface area contributed by atoms with Crippen LogP contribution in [0, 0.1) is 16.7 Å². The van der Waals surface area contributed by atoms with Crippen molar-refractivity contribution < 1.29 is 10.2 Å². The van der Waals surface area contributed by atoms with E-state index in [1.54, 1.807) is 0 Å². The van der Waals surface area contributed by atoms with E-state index < -0.39 is 6.10 Å². The lowest BCUT2D eigenvalue weighted by molar-refractivity contribution is -0.151. The molecule has 0 radical (unpaired) electrons. The van der Waals surface area contributed by atoms with E-state index in [1.807, 2.05) is 6.92 Å². The lowest BCUT2D eigenvalue weighted by Crippen LogP contribution is -2.54. The van der Waals surface area contributed by atoms with Crippen molar-refractivity contribution in [2.75, 3.05) is 0 Å². The lowest BCUT2D eigenvalue weighted by atomic mass is 9.57. The summed E-state index contributed by atoms with van der Waals surface area (Å²) < 4.78 is 0. The molecule has 1 rings (SSSR count). The molecule has 1 saturated carbocycles. The Bertz CT molecular complexity index is 212. The predicted molar refractivity (Wildman–Crippen MR) is 58.0 cm³/mol. The maximum Gasteiger partial charge on any atom is 0.0644 e. The Balaban J connectivity index is 2.96. The fourth-order valence-electron chi connectivity index (χ4n) is 3.10. The van der Waals surface area contributed by atoms with Crippen LogP contribution in [0.15, 0.2) is 0 Å². The van der Waals surface area contributed by atoms with E-state index in [0.29, 0.717) is 0 Å². The quantitative estimate of drug-likeness (QED) is 0.681. The SMILES string of the molecule is CCC1(C)CC(C)(C)C(O)C(C)C1O. The second-order valence-corrected chi connectivity index (χ2v) is 5.92. The third kappa shape index (κ3) is 1.70. The second kappa shape index (κ2) is 3.49. The van der Waals surface area contributed by atoms with Crippen molar-refractivity contribution in [3.05, 3.63) is 0 Å². The number of rotatable bonds is 1. The van der Waals surface area contributed by atoms with E-state index >= 15 is 0 Å². The largest absolute Gasteiger partial charge is 0.392 e. The first-order chi connectivity index (χ1) is 6.24. The number of hydrogen-bond donors (Lipinski definition) is 2. The van der Waals surface area contributed by atoms with Crippen molar-refractivity contribution in [1.82, 2.24) is 0 Å². The van der Waals surface area contributed by atoms with Crippen molar-refractivity contribution in [3.8, 4) is 0 Å². The number of hydrogen-bond acceptors (Lipinski definition) is 2. The molecular formula is C12H24O2. The van der Waals surface area contributed by atoms with E-state index in [1.165, 1.54) is 0 Å². The molecule has 14 heavy (non-hydrogen) atoms. The molecule has 0 aliphatic heterocycles. The fourth-order valence-corrected chi connectivity index (χ4v) is 3.10. The maximum atomic E-state index is 10.1. The minimum absolute atomic E-state index is 0.0244. The Labute approximate surface area is 87.3 Å². The third-order valence-electron chi connectivity index (χ3n) is 4.18. The van der Waals surface area contributed by atoms with Crippen LogP contribution in [0.2, 0.25) is 0 Å². The van der Waals surface area contributed by atoms with Crippen molar-refractivity contribution in [2.45, 2.75) is 59.7 Å². The van der Waals surface area contributed by atoms with E-state index in [4.69, 9.17) is 0 Å². The topological polar surface area (TPSA) is 40.5 Å². The summed E-state index contributed by atoms with van der Waals surface area (Å²) in [6.07, 6.45) is 1.09. The molecule has 0 aromatic rings. The number of aliphatic hydroxyl groups excluding tert-OH is 2. The van der Waals surface area contributed by atoms with E-state index in [0.717, 1.165) is 12.8 Å². The molecule has 2 N–H and O–H groups in total. The molecule has 84 valence electrons. The van der Waals surface area contributed by atoms with Gasteiger partial charge in [-0.3, -0.25) is 0 Å². The molecule has 0 saturated heterocycles. The summed E-state index contributed by atoms with van der Waals surface area (Å²) in [5.74, 6) is -0.0244. The van der Waals surface area contributed by atoms with Crippen LogP contribution >= 0.6 is 0 Å². The molecule has 1 aliphatic rings. The summed E-state index contributed by atoms with van der Waals surface area (Å²) in [5.41, 5.74) is -0.119. The average molecular weight is 200 g/mol. The minimum atomic E-state index is -0.392. The Morgan fingerprint density at radius 3 is 2.07 bits per heavy atom. The first-order valence-electron chi connectivity index (χ1n) is 5.61. The summed E-state index contributed by atoms with van der Waals surface area (Å²) >= 11 is 0. The van der Waals surface area contributed by atoms with Crippen molar-refractivity contribution in [2.24, 2.45) is 16.7 Å². The van der Waals surface area contributed by atoms with Gasteiger partial charge in [0, 0.05) is 5.92 Å². The van der Waals surface area contributed by atoms with E-state index in [2.05, 4.69) is 27.7 Å². The van der Waals surface area contributed by atoms with Crippen LogP contribution in [0.1, 0.15) is 47.5 Å². The summed E-state index contributed by atoms with van der Waals surface area (Å²) in [7, 11) is 0. The smallest absolute Gasteiger partial charge is 0.0644 e. The molecule has 4 unspecified atom stereocenters. The monoisotopic (exact) mass is 200 g/mol. The van der Waals surface area contributed by atoms with Crippen molar-refractivity contribution >= 4 is 0 Å². The highest BCUT2D eigenvalue weighted by Gasteiger charge is 2.50. The maximum absolute atomic E-state index is 10.1. The van der Waals surface area contributed by atoms with Gasteiger partial charge in [0.15, 0.2) is 0 Å². The van der Waals surface area contributed by atoms with E-state index in [-0.39, 0.29) is 22.9 Å². The van der Waals surface area contributed by atoms with E-state index in [9.17, 15) is 10.2 Å². The van der Waals surface area contributed by atoms with Gasteiger partial charge in [0.25, 0.3) is 0 Å². The van der Waals surface area contributed by atoms with Gasteiger partial charge in [-0.2, -0.15) is 0 Å². The van der Waals surface area contributed by atoms with Crippen LogP contribution in [-0.4, -0.2) is 22.4 Å². The molecule has 0 spiro atoms. The van der Waals surface area contributed by atoms with Gasteiger partial charge < -0.3 is 10.2 Å². The summed E-state index contributed by atoms with van der Waals surface area (Å²) in [4.78, 5) is 0. The Kier molecular flexibility index (Phi) is 2.99.